The quantitative estimate of drug-likeness (QED) is 0.574. The number of fused-ring (bicyclic) bond motifs is 5. The van der Waals surface area contributed by atoms with Gasteiger partial charge in [-0.25, -0.2) is 4.18 Å². The summed E-state index contributed by atoms with van der Waals surface area (Å²) >= 11 is 0. The predicted octanol–water partition coefficient (Wildman–Crippen LogP) is 3.50. The van der Waals surface area contributed by atoms with Crippen molar-refractivity contribution in [3.8, 4) is 0 Å². The molecule has 0 aliphatic heterocycles. The fourth-order valence-electron chi connectivity index (χ4n) is 6.85. The minimum Gasteiger partial charge on any atom is -0.393 e. The van der Waals surface area contributed by atoms with Gasteiger partial charge in [0.15, 0.2) is 0 Å². The van der Waals surface area contributed by atoms with Gasteiger partial charge in [-0.2, -0.15) is 8.42 Å². The van der Waals surface area contributed by atoms with E-state index in [4.69, 9.17) is 8.74 Å². The number of hydrogen-bond acceptors (Lipinski definition) is 4. The Bertz CT molecular complexity index is 686. The van der Waals surface area contributed by atoms with Gasteiger partial charge in [0.25, 0.3) is 0 Å². The lowest BCUT2D eigenvalue weighted by molar-refractivity contribution is -0.0703. The summed E-state index contributed by atoms with van der Waals surface area (Å²) in [5, 5.41) is 10.5. The normalized spacial score (nSPS) is 49.8. The van der Waals surface area contributed by atoms with Crippen molar-refractivity contribution in [2.75, 3.05) is 0 Å². The molecule has 4 aliphatic rings. The highest BCUT2D eigenvalue weighted by Gasteiger charge is 2.58. The van der Waals surface area contributed by atoms with Crippen molar-refractivity contribution in [2.24, 2.45) is 28.6 Å². The average molecular weight is 371 g/mol. The van der Waals surface area contributed by atoms with Crippen LogP contribution in [0.15, 0.2) is 11.6 Å². The van der Waals surface area contributed by atoms with Crippen molar-refractivity contribution in [2.45, 2.75) is 77.4 Å². The summed E-state index contributed by atoms with van der Waals surface area (Å²) in [6, 6.07) is 0. The molecule has 0 aromatic carbocycles. The Kier molecular flexibility index (Phi) is 4.15. The second-order valence-electron chi connectivity index (χ2n) is 9.29. The fraction of sp³-hybridized carbons (Fsp3) is 0.895. The monoisotopic (exact) mass is 370 g/mol. The molecule has 2 N–H and O–H groups in total. The molecule has 0 aromatic heterocycles. The van der Waals surface area contributed by atoms with Gasteiger partial charge in [0.1, 0.15) is 0 Å². The summed E-state index contributed by atoms with van der Waals surface area (Å²) in [5.74, 6) is 1.84. The van der Waals surface area contributed by atoms with Crippen LogP contribution in [0.4, 0.5) is 0 Å². The smallest absolute Gasteiger partial charge is 0.393 e. The Balaban J connectivity index is 1.58. The highest BCUT2D eigenvalue weighted by molar-refractivity contribution is 7.80. The molecule has 0 spiro atoms. The Morgan fingerprint density at radius 2 is 1.88 bits per heavy atom. The first-order valence-electron chi connectivity index (χ1n) is 9.67. The number of rotatable bonds is 2. The summed E-state index contributed by atoms with van der Waals surface area (Å²) in [6.07, 6.45) is 9.23. The maximum Gasteiger partial charge on any atom is 0.397 e. The van der Waals surface area contributed by atoms with Crippen molar-refractivity contribution in [1.82, 2.24) is 0 Å². The Morgan fingerprint density at radius 3 is 2.60 bits per heavy atom. The van der Waals surface area contributed by atoms with E-state index in [0.29, 0.717) is 30.6 Å². The predicted molar refractivity (Wildman–Crippen MR) is 94.1 cm³/mol. The zero-order valence-electron chi connectivity index (χ0n) is 15.1. The van der Waals surface area contributed by atoms with E-state index in [1.807, 2.05) is 0 Å². The first-order valence-corrected chi connectivity index (χ1v) is 11.0. The van der Waals surface area contributed by atoms with Crippen molar-refractivity contribution >= 4 is 10.4 Å². The first kappa shape index (κ1) is 18.0. The fourth-order valence-corrected chi connectivity index (χ4v) is 7.36. The first-order chi connectivity index (χ1) is 11.6. The third-order valence-electron chi connectivity index (χ3n) is 8.27. The Hall–Kier alpha value is -0.430. The second-order valence-corrected chi connectivity index (χ2v) is 10.3. The van der Waals surface area contributed by atoms with E-state index in [2.05, 4.69) is 19.9 Å². The van der Waals surface area contributed by atoms with Gasteiger partial charge in [0.05, 0.1) is 12.2 Å². The van der Waals surface area contributed by atoms with Crippen molar-refractivity contribution < 1.29 is 22.3 Å². The largest absolute Gasteiger partial charge is 0.397 e. The highest BCUT2D eigenvalue weighted by atomic mass is 32.3. The van der Waals surface area contributed by atoms with E-state index in [1.54, 1.807) is 0 Å². The molecule has 0 amide bonds. The molecule has 4 rings (SSSR count). The molecule has 0 heterocycles. The highest BCUT2D eigenvalue weighted by Crippen LogP contribution is 2.64. The number of aliphatic hydroxyl groups excluding tert-OH is 1. The third-order valence-corrected chi connectivity index (χ3v) is 8.78. The standard InChI is InChI=1S/C19H30O5S/c1-18-9-7-13(24-25(21,22)23)11-12(18)3-4-14-15-5-6-17(20)19(15,2)10-8-16(14)18/h3,13-17,20H,4-11H2,1-2H3,(H,21,22,23)/t13?,14?,15?,16?,17?,18-,19?/m0/s1. The molecular formula is C19H30O5S. The van der Waals surface area contributed by atoms with Crippen molar-refractivity contribution in [3.05, 3.63) is 11.6 Å². The molecule has 7 atom stereocenters. The summed E-state index contributed by atoms with van der Waals surface area (Å²) in [4.78, 5) is 0. The Morgan fingerprint density at radius 1 is 1.12 bits per heavy atom. The maximum atomic E-state index is 11.0. The topological polar surface area (TPSA) is 83.8 Å². The van der Waals surface area contributed by atoms with E-state index in [-0.39, 0.29) is 16.9 Å². The van der Waals surface area contributed by atoms with Crippen molar-refractivity contribution in [1.29, 1.82) is 0 Å². The van der Waals surface area contributed by atoms with Crippen LogP contribution < -0.4 is 0 Å². The van der Waals surface area contributed by atoms with Crippen LogP contribution in [0.5, 0.6) is 0 Å². The molecular weight excluding hydrogens is 340 g/mol. The van der Waals surface area contributed by atoms with E-state index >= 15 is 0 Å². The molecule has 3 fully saturated rings. The number of aliphatic hydroxyl groups is 1. The van der Waals surface area contributed by atoms with Crippen LogP contribution in [0, 0.1) is 28.6 Å². The van der Waals surface area contributed by atoms with Crippen LogP contribution in [0.1, 0.15) is 65.2 Å². The van der Waals surface area contributed by atoms with Gasteiger partial charge in [-0.1, -0.05) is 25.5 Å². The van der Waals surface area contributed by atoms with E-state index in [0.717, 1.165) is 38.5 Å². The van der Waals surface area contributed by atoms with Gasteiger partial charge < -0.3 is 5.11 Å². The summed E-state index contributed by atoms with van der Waals surface area (Å²) in [6.45, 7) is 4.62. The van der Waals surface area contributed by atoms with Crippen LogP contribution in [0.2, 0.25) is 0 Å². The molecule has 6 heteroatoms. The zero-order valence-corrected chi connectivity index (χ0v) is 16.0. The van der Waals surface area contributed by atoms with Crippen LogP contribution >= 0.6 is 0 Å². The Labute approximate surface area is 150 Å². The molecule has 5 nitrogen and oxygen atoms in total. The van der Waals surface area contributed by atoms with E-state index in [9.17, 15) is 13.5 Å². The van der Waals surface area contributed by atoms with Gasteiger partial charge >= 0.3 is 10.4 Å². The van der Waals surface area contributed by atoms with E-state index < -0.39 is 16.5 Å². The van der Waals surface area contributed by atoms with Gasteiger partial charge in [-0.15, -0.1) is 0 Å². The SMILES string of the molecule is CC12CCC3C(CC=C4CC(OS(=O)(=O)O)CC[C@@]43C)C1CCC2O. The molecule has 0 aromatic rings. The number of allylic oxidation sites excluding steroid dienone is 1. The molecule has 0 bridgehead atoms. The van der Waals surface area contributed by atoms with Crippen LogP contribution in [-0.2, 0) is 14.6 Å². The van der Waals surface area contributed by atoms with Gasteiger partial charge in [0.2, 0.25) is 0 Å². The molecule has 6 unspecified atom stereocenters. The molecule has 3 saturated carbocycles. The molecule has 25 heavy (non-hydrogen) atoms. The number of hydrogen-bond donors (Lipinski definition) is 2. The molecule has 142 valence electrons. The van der Waals surface area contributed by atoms with Crippen LogP contribution in [0.3, 0.4) is 0 Å². The zero-order chi connectivity index (χ0) is 18.0. The summed E-state index contributed by atoms with van der Waals surface area (Å²) in [7, 11) is -4.39. The minimum atomic E-state index is -4.39. The van der Waals surface area contributed by atoms with E-state index in [1.165, 1.54) is 5.57 Å². The van der Waals surface area contributed by atoms with Gasteiger partial charge in [0, 0.05) is 0 Å². The lowest BCUT2D eigenvalue weighted by Gasteiger charge is -2.57. The third kappa shape index (κ3) is 2.80. The molecule has 0 radical (unpaired) electrons. The summed E-state index contributed by atoms with van der Waals surface area (Å²) in [5.41, 5.74) is 1.50. The van der Waals surface area contributed by atoms with Gasteiger partial charge in [-0.3, -0.25) is 4.55 Å². The molecule has 4 aliphatic carbocycles. The second kappa shape index (κ2) is 5.78. The van der Waals surface area contributed by atoms with Crippen LogP contribution in [0.25, 0.3) is 0 Å². The van der Waals surface area contributed by atoms with Crippen molar-refractivity contribution in [3.63, 3.8) is 0 Å². The average Bonchev–Trinajstić information content (AvgIpc) is 2.82. The molecule has 0 saturated heterocycles. The van der Waals surface area contributed by atoms with Gasteiger partial charge in [-0.05, 0) is 80.0 Å². The van der Waals surface area contributed by atoms with Crippen LogP contribution in [-0.4, -0.2) is 30.3 Å². The lowest BCUT2D eigenvalue weighted by Crippen LogP contribution is -2.51. The minimum absolute atomic E-state index is 0.0775. The summed E-state index contributed by atoms with van der Waals surface area (Å²) < 4.78 is 35.9. The lowest BCUT2D eigenvalue weighted by atomic mass is 9.48. The maximum absolute atomic E-state index is 11.0.